The van der Waals surface area contributed by atoms with Gasteiger partial charge in [-0.2, -0.15) is 13.2 Å². The molecule has 1 aliphatic rings. The van der Waals surface area contributed by atoms with E-state index in [0.717, 1.165) is 25.7 Å². The normalized spacial score (nSPS) is 15.3. The maximum absolute atomic E-state index is 13.4. The minimum atomic E-state index is -4.52. The van der Waals surface area contributed by atoms with E-state index in [1.165, 1.54) is 25.3 Å². The number of nitrogens with two attached hydrogens (primary N) is 1. The Kier molecular flexibility index (Phi) is 13.3. The number of nitrogens with zero attached hydrogens (tertiary/aromatic N) is 1. The van der Waals surface area contributed by atoms with Gasteiger partial charge in [-0.05, 0) is 62.9 Å². The van der Waals surface area contributed by atoms with Crippen molar-refractivity contribution in [1.29, 1.82) is 0 Å². The molecule has 1 heterocycles. The summed E-state index contributed by atoms with van der Waals surface area (Å²) < 4.78 is 45.8. The van der Waals surface area contributed by atoms with E-state index in [2.05, 4.69) is 4.90 Å². The quantitative estimate of drug-likeness (QED) is 0.451. The molecule has 1 aromatic rings. The SMILES string of the molecule is Cl.Cl.NC(CO)(CO)CCc1ccc(OCCCN2CCCCC2)c(C(F)(F)F)c1. The van der Waals surface area contributed by atoms with Gasteiger partial charge in [0, 0.05) is 6.54 Å². The lowest BCUT2D eigenvalue weighted by atomic mass is 9.93. The summed E-state index contributed by atoms with van der Waals surface area (Å²) in [5, 5.41) is 18.4. The van der Waals surface area contributed by atoms with Crippen LogP contribution in [0, 0.1) is 0 Å². The fraction of sp³-hybridized carbons (Fsp3) is 0.700. The van der Waals surface area contributed by atoms with Gasteiger partial charge >= 0.3 is 6.18 Å². The van der Waals surface area contributed by atoms with Crippen LogP contribution in [0.5, 0.6) is 5.75 Å². The summed E-state index contributed by atoms with van der Waals surface area (Å²) in [5.41, 5.74) is 4.21. The van der Waals surface area contributed by atoms with E-state index in [4.69, 9.17) is 10.5 Å². The van der Waals surface area contributed by atoms with Gasteiger partial charge in [0.25, 0.3) is 0 Å². The van der Waals surface area contributed by atoms with Gasteiger partial charge in [0.1, 0.15) is 5.75 Å². The van der Waals surface area contributed by atoms with E-state index < -0.39 is 30.5 Å². The zero-order valence-corrected chi connectivity index (χ0v) is 18.6. The second-order valence-corrected chi connectivity index (χ2v) is 7.61. The topological polar surface area (TPSA) is 79.0 Å². The first-order valence-electron chi connectivity index (χ1n) is 9.83. The number of ether oxygens (including phenoxy) is 1. The molecule has 5 nitrogen and oxygen atoms in total. The molecule has 0 atom stereocenters. The molecule has 1 aliphatic heterocycles. The van der Waals surface area contributed by atoms with Crippen molar-refractivity contribution < 1.29 is 28.1 Å². The number of rotatable bonds is 10. The van der Waals surface area contributed by atoms with E-state index in [0.29, 0.717) is 12.0 Å². The average molecular weight is 477 g/mol. The van der Waals surface area contributed by atoms with Crippen LogP contribution < -0.4 is 10.5 Å². The number of hydrogen-bond acceptors (Lipinski definition) is 5. The van der Waals surface area contributed by atoms with Crippen LogP contribution in [0.3, 0.4) is 0 Å². The lowest BCUT2D eigenvalue weighted by molar-refractivity contribution is -0.139. The Labute approximate surface area is 188 Å². The van der Waals surface area contributed by atoms with Crippen LogP contribution in [0.2, 0.25) is 0 Å². The van der Waals surface area contributed by atoms with Crippen molar-refractivity contribution in [1.82, 2.24) is 4.90 Å². The van der Waals surface area contributed by atoms with Crippen molar-refractivity contribution in [2.45, 2.75) is 50.2 Å². The highest BCUT2D eigenvalue weighted by molar-refractivity contribution is 5.85. The Hall–Kier alpha value is -0.770. The van der Waals surface area contributed by atoms with Gasteiger partial charge < -0.3 is 25.6 Å². The van der Waals surface area contributed by atoms with E-state index >= 15 is 0 Å². The third kappa shape index (κ3) is 9.16. The molecule has 0 saturated carbocycles. The molecular weight excluding hydrogens is 444 g/mol. The number of piperidine rings is 1. The van der Waals surface area contributed by atoms with Crippen LogP contribution in [0.4, 0.5) is 13.2 Å². The molecule has 0 radical (unpaired) electrons. The van der Waals surface area contributed by atoms with Gasteiger partial charge in [0.05, 0.1) is 30.9 Å². The van der Waals surface area contributed by atoms with Gasteiger partial charge in [0.2, 0.25) is 0 Å². The molecule has 10 heteroatoms. The van der Waals surface area contributed by atoms with Crippen LogP contribution in [-0.2, 0) is 12.6 Å². The highest BCUT2D eigenvalue weighted by Crippen LogP contribution is 2.37. The van der Waals surface area contributed by atoms with Crippen molar-refractivity contribution >= 4 is 24.8 Å². The lowest BCUT2D eigenvalue weighted by Crippen LogP contribution is -2.47. The second kappa shape index (κ2) is 13.6. The van der Waals surface area contributed by atoms with Crippen LogP contribution in [0.15, 0.2) is 18.2 Å². The maximum atomic E-state index is 13.4. The van der Waals surface area contributed by atoms with Crippen molar-refractivity contribution in [3.8, 4) is 5.75 Å². The predicted octanol–water partition coefficient (Wildman–Crippen LogP) is 3.42. The monoisotopic (exact) mass is 476 g/mol. The van der Waals surface area contributed by atoms with Crippen molar-refractivity contribution in [2.24, 2.45) is 5.73 Å². The van der Waals surface area contributed by atoms with Crippen molar-refractivity contribution in [3.63, 3.8) is 0 Å². The van der Waals surface area contributed by atoms with Gasteiger partial charge in [-0.15, -0.1) is 24.8 Å². The predicted molar refractivity (Wildman–Crippen MR) is 116 cm³/mol. The number of aryl methyl sites for hydroxylation is 1. The van der Waals surface area contributed by atoms with E-state index in [-0.39, 0.29) is 50.0 Å². The number of aliphatic hydroxyl groups is 2. The summed E-state index contributed by atoms with van der Waals surface area (Å²) in [6.07, 6.45) is 0.154. The molecule has 1 aromatic carbocycles. The molecule has 1 saturated heterocycles. The smallest absolute Gasteiger partial charge is 0.419 e. The van der Waals surface area contributed by atoms with E-state index in [1.54, 1.807) is 6.07 Å². The molecule has 4 N–H and O–H groups in total. The molecule has 0 amide bonds. The highest BCUT2D eigenvalue weighted by Gasteiger charge is 2.35. The largest absolute Gasteiger partial charge is 0.493 e. The molecule has 0 bridgehead atoms. The first-order chi connectivity index (χ1) is 13.3. The van der Waals surface area contributed by atoms with Crippen LogP contribution in [0.1, 0.15) is 43.2 Å². The molecule has 0 spiro atoms. The summed E-state index contributed by atoms with van der Waals surface area (Å²) >= 11 is 0. The van der Waals surface area contributed by atoms with E-state index in [1.807, 2.05) is 0 Å². The van der Waals surface area contributed by atoms with Crippen LogP contribution in [-0.4, -0.2) is 60.1 Å². The number of benzene rings is 1. The Morgan fingerprint density at radius 3 is 2.23 bits per heavy atom. The first kappa shape index (κ1) is 29.2. The zero-order chi connectivity index (χ0) is 20.6. The maximum Gasteiger partial charge on any atom is 0.419 e. The summed E-state index contributed by atoms with van der Waals surface area (Å²) in [4.78, 5) is 2.32. The van der Waals surface area contributed by atoms with E-state index in [9.17, 15) is 23.4 Å². The molecule has 0 aliphatic carbocycles. The summed E-state index contributed by atoms with van der Waals surface area (Å²) in [6, 6.07) is 3.98. The van der Waals surface area contributed by atoms with Crippen molar-refractivity contribution in [2.75, 3.05) is 39.5 Å². The third-order valence-corrected chi connectivity index (χ3v) is 5.22. The minimum absolute atomic E-state index is 0. The van der Waals surface area contributed by atoms with Gasteiger partial charge in [0.15, 0.2) is 0 Å². The molecular formula is C20H33Cl2F3N2O3. The molecule has 176 valence electrons. The van der Waals surface area contributed by atoms with Crippen LogP contribution in [0.25, 0.3) is 0 Å². The number of likely N-dealkylation sites (tertiary alicyclic amines) is 1. The first-order valence-corrected chi connectivity index (χ1v) is 9.83. The Balaban J connectivity index is 0.00000420. The summed E-state index contributed by atoms with van der Waals surface area (Å²) in [6.45, 7) is 2.29. The van der Waals surface area contributed by atoms with Gasteiger partial charge in [-0.1, -0.05) is 12.5 Å². The van der Waals surface area contributed by atoms with Crippen molar-refractivity contribution in [3.05, 3.63) is 29.3 Å². The Bertz CT molecular complexity index is 611. The Morgan fingerprint density at radius 1 is 1.03 bits per heavy atom. The molecule has 30 heavy (non-hydrogen) atoms. The number of aliphatic hydroxyl groups excluding tert-OH is 2. The fourth-order valence-corrected chi connectivity index (χ4v) is 3.33. The third-order valence-electron chi connectivity index (χ3n) is 5.22. The number of alkyl halides is 3. The van der Waals surface area contributed by atoms with Gasteiger partial charge in [-0.25, -0.2) is 0 Å². The molecule has 0 aromatic heterocycles. The standard InChI is InChI=1S/C20H31F3N2O3.2ClH/c21-20(22,23)17-13-16(7-8-19(24,14-26)15-27)5-6-18(17)28-12-4-11-25-9-2-1-3-10-25;;/h5-6,13,26-27H,1-4,7-12,14-15,24H2;2*1H. The summed E-state index contributed by atoms with van der Waals surface area (Å²) in [5.74, 6) is -0.168. The highest BCUT2D eigenvalue weighted by atomic mass is 35.5. The van der Waals surface area contributed by atoms with Gasteiger partial charge in [-0.3, -0.25) is 0 Å². The zero-order valence-electron chi connectivity index (χ0n) is 17.0. The second-order valence-electron chi connectivity index (χ2n) is 7.61. The van der Waals surface area contributed by atoms with Crippen LogP contribution >= 0.6 is 24.8 Å². The molecule has 0 unspecified atom stereocenters. The summed E-state index contributed by atoms with van der Waals surface area (Å²) in [7, 11) is 0. The number of halogens is 5. The Morgan fingerprint density at radius 2 is 1.67 bits per heavy atom. The fourth-order valence-electron chi connectivity index (χ4n) is 3.33. The lowest BCUT2D eigenvalue weighted by Gasteiger charge is -2.26. The molecule has 2 rings (SSSR count). The molecule has 1 fully saturated rings. The number of hydrogen-bond donors (Lipinski definition) is 3. The minimum Gasteiger partial charge on any atom is -0.493 e. The average Bonchev–Trinajstić information content (AvgIpc) is 2.70.